The predicted octanol–water partition coefficient (Wildman–Crippen LogP) is 3.14. The van der Waals surface area contributed by atoms with Crippen molar-refractivity contribution < 1.29 is 9.18 Å². The van der Waals surface area contributed by atoms with Gasteiger partial charge in [0.2, 0.25) is 5.91 Å². The maximum absolute atomic E-state index is 13.0. The van der Waals surface area contributed by atoms with Crippen LogP contribution in [0, 0.1) is 17.7 Å². The first kappa shape index (κ1) is 17.9. The molecule has 0 aliphatic heterocycles. The summed E-state index contributed by atoms with van der Waals surface area (Å²) in [7, 11) is 1.82. The van der Waals surface area contributed by atoms with Gasteiger partial charge in [-0.2, -0.15) is 0 Å². The van der Waals surface area contributed by atoms with Crippen LogP contribution in [0.4, 0.5) is 4.39 Å². The van der Waals surface area contributed by atoms with Crippen LogP contribution in [0.25, 0.3) is 0 Å². The number of nitrogens with zero attached hydrogens (tertiary/aromatic N) is 1. The maximum atomic E-state index is 13.0. The first-order valence-corrected chi connectivity index (χ1v) is 7.26. The predicted molar refractivity (Wildman–Crippen MR) is 84.7 cm³/mol. The first-order valence-electron chi connectivity index (χ1n) is 7.26. The minimum Gasteiger partial charge on any atom is -0.339 e. The fraction of sp³-hybridized carbons (Fsp3) is 0.562. The molecule has 1 amide bonds. The van der Waals surface area contributed by atoms with E-state index in [1.54, 1.807) is 17.0 Å². The van der Waals surface area contributed by atoms with Gasteiger partial charge in [-0.25, -0.2) is 4.39 Å². The second kappa shape index (κ2) is 7.76. The summed E-state index contributed by atoms with van der Waals surface area (Å²) in [5.41, 5.74) is 6.70. The summed E-state index contributed by atoms with van der Waals surface area (Å²) < 4.78 is 13.0. The quantitative estimate of drug-likeness (QED) is 0.928. The van der Waals surface area contributed by atoms with Gasteiger partial charge in [-0.15, -0.1) is 12.4 Å². The Kier molecular flexibility index (Phi) is 6.62. The maximum Gasteiger partial charge on any atom is 0.226 e. The molecule has 0 spiro atoms. The number of carbonyl (C=O) groups is 1. The molecule has 1 fully saturated rings. The number of carbonyl (C=O) groups excluding carboxylic acids is 1. The van der Waals surface area contributed by atoms with Crippen LogP contribution in [0.2, 0.25) is 0 Å². The van der Waals surface area contributed by atoms with Crippen molar-refractivity contribution in [1.82, 2.24) is 4.90 Å². The third-order valence-corrected chi connectivity index (χ3v) is 4.56. The highest BCUT2D eigenvalue weighted by molar-refractivity contribution is 5.85. The molecule has 3 nitrogen and oxygen atoms in total. The number of rotatable bonds is 4. The van der Waals surface area contributed by atoms with Gasteiger partial charge in [0.25, 0.3) is 0 Å². The molecule has 5 heteroatoms. The summed E-state index contributed by atoms with van der Waals surface area (Å²) in [5.74, 6) is 0.266. The molecule has 1 saturated carbocycles. The average molecular weight is 315 g/mol. The molecule has 21 heavy (non-hydrogen) atoms. The Morgan fingerprint density at radius 3 is 2.57 bits per heavy atom. The number of benzene rings is 1. The molecule has 2 N–H and O–H groups in total. The smallest absolute Gasteiger partial charge is 0.226 e. The summed E-state index contributed by atoms with van der Waals surface area (Å²) in [5, 5.41) is 0. The molecule has 1 aliphatic rings. The zero-order valence-electron chi connectivity index (χ0n) is 12.6. The van der Waals surface area contributed by atoms with Gasteiger partial charge in [0, 0.05) is 13.0 Å². The highest BCUT2D eigenvalue weighted by Crippen LogP contribution is 2.34. The van der Waals surface area contributed by atoms with Gasteiger partial charge in [-0.1, -0.05) is 18.6 Å². The Morgan fingerprint density at radius 2 is 2.00 bits per heavy atom. The van der Waals surface area contributed by atoms with E-state index in [-0.39, 0.29) is 36.1 Å². The average Bonchev–Trinajstić information content (AvgIpc) is 2.94. The Labute approximate surface area is 132 Å². The lowest BCUT2D eigenvalue weighted by molar-refractivity contribution is -0.137. The van der Waals surface area contributed by atoms with Gasteiger partial charge in [-0.3, -0.25) is 4.79 Å². The highest BCUT2D eigenvalue weighted by Gasteiger charge is 2.34. The topological polar surface area (TPSA) is 46.3 Å². The largest absolute Gasteiger partial charge is 0.339 e. The molecule has 0 aromatic heterocycles. The third-order valence-electron chi connectivity index (χ3n) is 4.56. The van der Waals surface area contributed by atoms with E-state index in [9.17, 15) is 9.18 Å². The lowest BCUT2D eigenvalue weighted by Crippen LogP contribution is -2.38. The Hall–Kier alpha value is -1.13. The van der Waals surface area contributed by atoms with Crippen LogP contribution in [0.15, 0.2) is 24.3 Å². The van der Waals surface area contributed by atoms with Gasteiger partial charge >= 0.3 is 0 Å². The Bertz CT molecular complexity index is 466. The van der Waals surface area contributed by atoms with Crippen molar-refractivity contribution in [3.63, 3.8) is 0 Å². The highest BCUT2D eigenvalue weighted by atomic mass is 35.5. The lowest BCUT2D eigenvalue weighted by atomic mass is 9.94. The lowest BCUT2D eigenvalue weighted by Gasteiger charge is -2.30. The van der Waals surface area contributed by atoms with E-state index in [1.165, 1.54) is 12.1 Å². The number of hydrogen-bond acceptors (Lipinski definition) is 2. The SMILES string of the molecule is CC(c1ccc(F)cc1)N(C)C(=O)[C@@H]1CCC[C@@H]1CN.Cl. The summed E-state index contributed by atoms with van der Waals surface area (Å²) >= 11 is 0. The second-order valence-electron chi connectivity index (χ2n) is 5.71. The summed E-state index contributed by atoms with van der Waals surface area (Å²) in [4.78, 5) is 14.4. The zero-order chi connectivity index (χ0) is 14.7. The van der Waals surface area contributed by atoms with Crippen molar-refractivity contribution >= 4 is 18.3 Å². The molecule has 1 unspecified atom stereocenters. The van der Waals surface area contributed by atoms with Crippen molar-refractivity contribution in [3.8, 4) is 0 Å². The molecule has 3 atom stereocenters. The van der Waals surface area contributed by atoms with E-state index in [1.807, 2.05) is 14.0 Å². The van der Waals surface area contributed by atoms with Gasteiger partial charge in [0.05, 0.1) is 6.04 Å². The first-order chi connectivity index (χ1) is 9.54. The number of nitrogens with two attached hydrogens (primary N) is 1. The van der Waals surface area contributed by atoms with E-state index in [4.69, 9.17) is 5.73 Å². The standard InChI is InChI=1S/C16H23FN2O.ClH/c1-11(12-6-8-14(17)9-7-12)19(2)16(20)15-5-3-4-13(15)10-18;/h6-9,11,13,15H,3-5,10,18H2,1-2H3;1H/t11?,13-,15-;/m1./s1. The van der Waals surface area contributed by atoms with E-state index in [0.717, 1.165) is 24.8 Å². The van der Waals surface area contributed by atoms with Crippen LogP contribution in [-0.4, -0.2) is 24.4 Å². The number of halogens is 2. The van der Waals surface area contributed by atoms with Gasteiger partial charge in [0.15, 0.2) is 0 Å². The van der Waals surface area contributed by atoms with Crippen LogP contribution in [0.1, 0.15) is 37.8 Å². The van der Waals surface area contributed by atoms with Crippen molar-refractivity contribution in [3.05, 3.63) is 35.6 Å². The van der Waals surface area contributed by atoms with Gasteiger partial charge in [0.1, 0.15) is 5.82 Å². The van der Waals surface area contributed by atoms with Crippen molar-refractivity contribution in [1.29, 1.82) is 0 Å². The molecule has 0 heterocycles. The number of amides is 1. The number of hydrogen-bond donors (Lipinski definition) is 1. The van der Waals surface area contributed by atoms with Crippen LogP contribution < -0.4 is 5.73 Å². The van der Waals surface area contributed by atoms with E-state index in [2.05, 4.69) is 0 Å². The molecule has 0 radical (unpaired) electrons. The van der Waals surface area contributed by atoms with E-state index >= 15 is 0 Å². The van der Waals surface area contributed by atoms with Crippen LogP contribution in [0.3, 0.4) is 0 Å². The molecule has 1 aliphatic carbocycles. The van der Waals surface area contributed by atoms with E-state index < -0.39 is 0 Å². The molecular formula is C16H24ClFN2O. The zero-order valence-corrected chi connectivity index (χ0v) is 13.4. The van der Waals surface area contributed by atoms with Crippen LogP contribution >= 0.6 is 12.4 Å². The molecule has 0 saturated heterocycles. The fourth-order valence-electron chi connectivity index (χ4n) is 3.06. The minimum absolute atomic E-state index is 0. The monoisotopic (exact) mass is 314 g/mol. The Balaban J connectivity index is 0.00000220. The third kappa shape index (κ3) is 3.95. The normalized spacial score (nSPS) is 22.5. The minimum atomic E-state index is -0.256. The van der Waals surface area contributed by atoms with Crippen molar-refractivity contribution in [2.75, 3.05) is 13.6 Å². The summed E-state index contributed by atoms with van der Waals surface area (Å²) in [6, 6.07) is 6.28. The van der Waals surface area contributed by atoms with Gasteiger partial charge in [-0.05, 0) is 49.9 Å². The molecule has 1 aromatic rings. The molecule has 0 bridgehead atoms. The van der Waals surface area contributed by atoms with E-state index in [0.29, 0.717) is 12.5 Å². The summed E-state index contributed by atoms with van der Waals surface area (Å²) in [6.45, 7) is 2.55. The molecular weight excluding hydrogens is 291 g/mol. The van der Waals surface area contributed by atoms with Crippen molar-refractivity contribution in [2.24, 2.45) is 17.6 Å². The molecule has 118 valence electrons. The second-order valence-corrected chi connectivity index (χ2v) is 5.71. The van der Waals surface area contributed by atoms with Crippen LogP contribution in [0.5, 0.6) is 0 Å². The van der Waals surface area contributed by atoms with Crippen molar-refractivity contribution in [2.45, 2.75) is 32.2 Å². The Morgan fingerprint density at radius 1 is 1.38 bits per heavy atom. The van der Waals surface area contributed by atoms with Crippen LogP contribution in [-0.2, 0) is 4.79 Å². The fourth-order valence-corrected chi connectivity index (χ4v) is 3.06. The molecule has 2 rings (SSSR count). The molecule has 1 aromatic carbocycles. The summed E-state index contributed by atoms with van der Waals surface area (Å²) in [6.07, 6.45) is 3.06. The van der Waals surface area contributed by atoms with Gasteiger partial charge < -0.3 is 10.6 Å².